The number of carbonyl (C=O) groups excluding carboxylic acids is 1. The predicted molar refractivity (Wildman–Crippen MR) is 77.4 cm³/mol. The highest BCUT2D eigenvalue weighted by molar-refractivity contribution is 7.07. The highest BCUT2D eigenvalue weighted by Gasteiger charge is 2.06. The largest absolute Gasteiger partial charge is 0.326 e. The summed E-state index contributed by atoms with van der Waals surface area (Å²) in [5, 5.41) is 15.9. The second-order valence-electron chi connectivity index (χ2n) is 3.99. The van der Waals surface area contributed by atoms with Crippen molar-refractivity contribution in [1.82, 2.24) is 0 Å². The van der Waals surface area contributed by atoms with E-state index in [1.165, 1.54) is 0 Å². The van der Waals surface area contributed by atoms with Crippen LogP contribution in [0.2, 0.25) is 5.02 Å². The minimum absolute atomic E-state index is 0.0630. The number of carbonyl (C=O) groups is 1. The average Bonchev–Trinajstić information content (AvgIpc) is 2.90. The molecule has 0 unspecified atom stereocenters. The summed E-state index contributed by atoms with van der Waals surface area (Å²) >= 11 is 7.52. The zero-order chi connectivity index (χ0) is 13.7. The van der Waals surface area contributed by atoms with Gasteiger partial charge in [-0.25, -0.2) is 0 Å². The van der Waals surface area contributed by atoms with Crippen molar-refractivity contribution < 1.29 is 4.79 Å². The maximum absolute atomic E-state index is 11.8. The van der Waals surface area contributed by atoms with Gasteiger partial charge in [-0.1, -0.05) is 11.6 Å². The molecule has 0 atom stereocenters. The van der Waals surface area contributed by atoms with Gasteiger partial charge in [0.2, 0.25) is 5.91 Å². The lowest BCUT2D eigenvalue weighted by molar-refractivity contribution is -0.116. The number of nitrogens with zero attached hydrogens (tertiary/aromatic N) is 1. The summed E-state index contributed by atoms with van der Waals surface area (Å²) in [5.41, 5.74) is 2.18. The van der Waals surface area contributed by atoms with Crippen LogP contribution in [0.15, 0.2) is 35.0 Å². The molecule has 0 radical (unpaired) electrons. The molecule has 1 N–H and O–H groups in total. The zero-order valence-corrected chi connectivity index (χ0v) is 11.6. The van der Waals surface area contributed by atoms with Gasteiger partial charge in [-0.3, -0.25) is 4.79 Å². The SMILES string of the molecule is N#Cc1ccc(NC(=O)CCc2ccsc2)cc1Cl. The Bertz CT molecular complexity index is 617. The van der Waals surface area contributed by atoms with Gasteiger partial charge in [-0.05, 0) is 47.0 Å². The monoisotopic (exact) mass is 290 g/mol. The van der Waals surface area contributed by atoms with Crippen molar-refractivity contribution in [3.63, 3.8) is 0 Å². The Morgan fingerprint density at radius 2 is 2.26 bits per heavy atom. The molecular formula is C14H11ClN2OS. The van der Waals surface area contributed by atoms with E-state index in [-0.39, 0.29) is 5.91 Å². The average molecular weight is 291 g/mol. The van der Waals surface area contributed by atoms with E-state index in [1.807, 2.05) is 22.9 Å². The molecule has 96 valence electrons. The number of nitriles is 1. The van der Waals surface area contributed by atoms with E-state index in [9.17, 15) is 4.79 Å². The van der Waals surface area contributed by atoms with E-state index in [0.29, 0.717) is 22.7 Å². The quantitative estimate of drug-likeness (QED) is 0.930. The summed E-state index contributed by atoms with van der Waals surface area (Å²) in [6.07, 6.45) is 1.15. The van der Waals surface area contributed by atoms with Crippen LogP contribution in [0.25, 0.3) is 0 Å². The van der Waals surface area contributed by atoms with Crippen molar-refractivity contribution in [3.05, 3.63) is 51.2 Å². The molecule has 1 amide bonds. The zero-order valence-electron chi connectivity index (χ0n) is 10.0. The third-order valence-electron chi connectivity index (χ3n) is 2.59. The fourth-order valence-corrected chi connectivity index (χ4v) is 2.53. The van der Waals surface area contributed by atoms with Crippen LogP contribution in [-0.4, -0.2) is 5.91 Å². The van der Waals surface area contributed by atoms with Gasteiger partial charge in [0.15, 0.2) is 0 Å². The first-order valence-corrected chi connectivity index (χ1v) is 7.01. The number of nitrogens with one attached hydrogen (secondary N) is 1. The number of amides is 1. The van der Waals surface area contributed by atoms with E-state index < -0.39 is 0 Å². The molecule has 2 rings (SSSR count). The summed E-state index contributed by atoms with van der Waals surface area (Å²) < 4.78 is 0. The minimum atomic E-state index is -0.0630. The molecule has 2 aromatic rings. The third kappa shape index (κ3) is 3.82. The fraction of sp³-hybridized carbons (Fsp3) is 0.143. The maximum atomic E-state index is 11.8. The summed E-state index contributed by atoms with van der Waals surface area (Å²) in [5.74, 6) is -0.0630. The van der Waals surface area contributed by atoms with Gasteiger partial charge in [-0.15, -0.1) is 0 Å². The molecule has 1 aromatic heterocycles. The Labute approximate surface area is 120 Å². The molecule has 5 heteroatoms. The van der Waals surface area contributed by atoms with Crippen molar-refractivity contribution in [1.29, 1.82) is 5.26 Å². The van der Waals surface area contributed by atoms with Gasteiger partial charge < -0.3 is 5.32 Å². The van der Waals surface area contributed by atoms with Gasteiger partial charge in [0.1, 0.15) is 6.07 Å². The minimum Gasteiger partial charge on any atom is -0.326 e. The molecule has 0 fully saturated rings. The number of hydrogen-bond acceptors (Lipinski definition) is 3. The first-order chi connectivity index (χ1) is 9.19. The summed E-state index contributed by atoms with van der Waals surface area (Å²) in [4.78, 5) is 11.8. The Morgan fingerprint density at radius 1 is 1.42 bits per heavy atom. The number of benzene rings is 1. The second-order valence-corrected chi connectivity index (χ2v) is 5.17. The van der Waals surface area contributed by atoms with E-state index in [2.05, 4.69) is 5.32 Å². The van der Waals surface area contributed by atoms with Crippen LogP contribution in [-0.2, 0) is 11.2 Å². The molecule has 19 heavy (non-hydrogen) atoms. The van der Waals surface area contributed by atoms with Crippen LogP contribution in [0.1, 0.15) is 17.5 Å². The molecule has 0 aliphatic carbocycles. The first-order valence-electron chi connectivity index (χ1n) is 5.69. The van der Waals surface area contributed by atoms with E-state index >= 15 is 0 Å². The van der Waals surface area contributed by atoms with Crippen molar-refractivity contribution in [2.75, 3.05) is 5.32 Å². The number of thiophene rings is 1. The Morgan fingerprint density at radius 3 is 2.89 bits per heavy atom. The van der Waals surface area contributed by atoms with Gasteiger partial charge in [0.25, 0.3) is 0 Å². The normalized spacial score (nSPS) is 9.89. The second kappa shape index (κ2) is 6.37. The molecule has 1 heterocycles. The number of rotatable bonds is 4. The molecule has 0 saturated heterocycles. The highest BCUT2D eigenvalue weighted by Crippen LogP contribution is 2.20. The Kier molecular flexibility index (Phi) is 4.56. The Hall–Kier alpha value is -1.83. The van der Waals surface area contributed by atoms with Crippen molar-refractivity contribution in [2.45, 2.75) is 12.8 Å². The van der Waals surface area contributed by atoms with Crippen LogP contribution in [0.3, 0.4) is 0 Å². The summed E-state index contributed by atoms with van der Waals surface area (Å²) in [7, 11) is 0. The summed E-state index contributed by atoms with van der Waals surface area (Å²) in [6.45, 7) is 0. The first kappa shape index (κ1) is 13.6. The molecule has 0 aliphatic heterocycles. The smallest absolute Gasteiger partial charge is 0.224 e. The molecule has 0 saturated carbocycles. The number of halogens is 1. The lowest BCUT2D eigenvalue weighted by Gasteiger charge is -2.05. The molecule has 0 spiro atoms. The van der Waals surface area contributed by atoms with Gasteiger partial charge in [0.05, 0.1) is 10.6 Å². The molecule has 0 aliphatic rings. The van der Waals surface area contributed by atoms with Crippen LogP contribution in [0.4, 0.5) is 5.69 Å². The van der Waals surface area contributed by atoms with Gasteiger partial charge >= 0.3 is 0 Å². The molecular weight excluding hydrogens is 280 g/mol. The highest BCUT2D eigenvalue weighted by atomic mass is 35.5. The lowest BCUT2D eigenvalue weighted by Crippen LogP contribution is -2.12. The maximum Gasteiger partial charge on any atom is 0.224 e. The molecule has 3 nitrogen and oxygen atoms in total. The fourth-order valence-electron chi connectivity index (χ4n) is 1.60. The van der Waals surface area contributed by atoms with Crippen molar-refractivity contribution in [3.8, 4) is 6.07 Å². The van der Waals surface area contributed by atoms with Crippen LogP contribution in [0, 0.1) is 11.3 Å². The Balaban J connectivity index is 1.92. The van der Waals surface area contributed by atoms with E-state index in [1.54, 1.807) is 29.5 Å². The number of aryl methyl sites for hydroxylation is 1. The van der Waals surface area contributed by atoms with Crippen molar-refractivity contribution in [2.24, 2.45) is 0 Å². The predicted octanol–water partition coefficient (Wildman–Crippen LogP) is 3.84. The standard InChI is InChI=1S/C14H11ClN2OS/c15-13-7-12(3-2-11(13)8-16)17-14(18)4-1-10-5-6-19-9-10/h2-3,5-7,9H,1,4H2,(H,17,18). The van der Waals surface area contributed by atoms with E-state index in [4.69, 9.17) is 16.9 Å². The number of anilines is 1. The molecule has 0 bridgehead atoms. The van der Waals surface area contributed by atoms with Crippen LogP contribution < -0.4 is 5.32 Å². The topological polar surface area (TPSA) is 52.9 Å². The molecule has 1 aromatic carbocycles. The van der Waals surface area contributed by atoms with Crippen LogP contribution >= 0.6 is 22.9 Å². The van der Waals surface area contributed by atoms with E-state index in [0.717, 1.165) is 12.0 Å². The van der Waals surface area contributed by atoms with Crippen molar-refractivity contribution >= 4 is 34.5 Å². The third-order valence-corrected chi connectivity index (χ3v) is 3.64. The van der Waals surface area contributed by atoms with Gasteiger partial charge in [-0.2, -0.15) is 16.6 Å². The van der Waals surface area contributed by atoms with Gasteiger partial charge in [0, 0.05) is 12.1 Å². The lowest BCUT2D eigenvalue weighted by atomic mass is 10.2. The van der Waals surface area contributed by atoms with Crippen LogP contribution in [0.5, 0.6) is 0 Å². The number of hydrogen-bond donors (Lipinski definition) is 1. The summed E-state index contributed by atoms with van der Waals surface area (Å²) in [6, 6.07) is 8.84.